The molecule has 0 aromatic heterocycles. The van der Waals surface area contributed by atoms with Crippen molar-refractivity contribution in [2.45, 2.75) is 17.4 Å². The summed E-state index contributed by atoms with van der Waals surface area (Å²) in [6.45, 7) is 0.336. The number of benzene rings is 3. The van der Waals surface area contributed by atoms with Crippen LogP contribution in [0.2, 0.25) is 5.02 Å². The maximum atomic E-state index is 14.5. The first-order valence-corrected chi connectivity index (χ1v) is 12.0. The molecule has 0 saturated carbocycles. The molecule has 1 heterocycles. The molecule has 178 valence electrons. The number of carbonyl (C=O) groups excluding carboxylic acids is 1. The summed E-state index contributed by atoms with van der Waals surface area (Å²) >= 11 is 5.98. The summed E-state index contributed by atoms with van der Waals surface area (Å²) in [6.07, 6.45) is -0.320. The molecule has 1 amide bonds. The van der Waals surface area contributed by atoms with Gasteiger partial charge in [0.25, 0.3) is 15.9 Å². The van der Waals surface area contributed by atoms with E-state index in [2.05, 4.69) is 0 Å². The topological polar surface area (TPSA) is 107 Å². The number of aliphatic hydroxyl groups is 1. The Bertz CT molecular complexity index is 1370. The summed E-state index contributed by atoms with van der Waals surface area (Å²) in [5.41, 5.74) is -0.345. The van der Waals surface area contributed by atoms with Gasteiger partial charge in [0.15, 0.2) is 5.75 Å². The van der Waals surface area contributed by atoms with Crippen LogP contribution in [0.15, 0.2) is 59.5 Å². The van der Waals surface area contributed by atoms with Crippen molar-refractivity contribution < 1.29 is 32.2 Å². The van der Waals surface area contributed by atoms with Gasteiger partial charge < -0.3 is 15.1 Å². The molecule has 1 unspecified atom stereocenters. The summed E-state index contributed by atoms with van der Waals surface area (Å²) in [5, 5.41) is 19.6. The van der Waals surface area contributed by atoms with Crippen molar-refractivity contribution >= 4 is 33.2 Å². The van der Waals surface area contributed by atoms with E-state index in [0.717, 1.165) is 18.2 Å². The number of hydrogen-bond acceptors (Lipinski definition) is 5. The van der Waals surface area contributed by atoms with E-state index >= 15 is 0 Å². The first-order chi connectivity index (χ1) is 16.1. The molecule has 1 aliphatic rings. The Morgan fingerprint density at radius 3 is 2.44 bits per heavy atom. The van der Waals surface area contributed by atoms with Crippen molar-refractivity contribution in [1.29, 1.82) is 0 Å². The minimum Gasteiger partial charge on any atom is -0.505 e. The van der Waals surface area contributed by atoms with Gasteiger partial charge in [0.1, 0.15) is 16.5 Å². The monoisotopic (exact) mass is 508 g/mol. The fraction of sp³-hybridized carbons (Fsp3) is 0.174. The average molecular weight is 509 g/mol. The van der Waals surface area contributed by atoms with Gasteiger partial charge in [0, 0.05) is 30.3 Å². The van der Waals surface area contributed by atoms with Crippen LogP contribution in [-0.2, 0) is 10.0 Å². The minimum atomic E-state index is -4.66. The molecule has 0 aliphatic carbocycles. The SMILES string of the molecule is O=C(c1cc(Cl)c(O)c(S(=O)(=O)Nc2cc(-c3ccccc3)c(F)cc2F)c1)N1CCC(O)C1. The summed E-state index contributed by atoms with van der Waals surface area (Å²) in [4.78, 5) is 13.3. The molecule has 1 aliphatic heterocycles. The van der Waals surface area contributed by atoms with E-state index in [4.69, 9.17) is 11.6 Å². The van der Waals surface area contributed by atoms with Gasteiger partial charge in [-0.3, -0.25) is 9.52 Å². The Hall–Kier alpha value is -3.21. The molecule has 7 nitrogen and oxygen atoms in total. The third-order valence-corrected chi connectivity index (χ3v) is 7.07. The van der Waals surface area contributed by atoms with Gasteiger partial charge >= 0.3 is 0 Å². The summed E-state index contributed by atoms with van der Waals surface area (Å²) < 4.78 is 57.0. The second-order valence-electron chi connectivity index (χ2n) is 7.78. The number of rotatable bonds is 5. The number of nitrogens with zero attached hydrogens (tertiary/aromatic N) is 1. The lowest BCUT2D eigenvalue weighted by Gasteiger charge is -2.18. The van der Waals surface area contributed by atoms with Crippen LogP contribution in [0.25, 0.3) is 11.1 Å². The fourth-order valence-electron chi connectivity index (χ4n) is 3.68. The number of hydrogen-bond donors (Lipinski definition) is 3. The van der Waals surface area contributed by atoms with E-state index in [-0.39, 0.29) is 24.2 Å². The highest BCUT2D eigenvalue weighted by Crippen LogP contribution is 2.35. The van der Waals surface area contributed by atoms with Crippen LogP contribution in [-0.4, -0.2) is 48.6 Å². The van der Waals surface area contributed by atoms with Crippen LogP contribution in [0.4, 0.5) is 14.5 Å². The normalized spacial score (nSPS) is 16.0. The number of aliphatic hydroxyl groups excluding tert-OH is 1. The zero-order valence-electron chi connectivity index (χ0n) is 17.5. The summed E-state index contributed by atoms with van der Waals surface area (Å²) in [5.74, 6) is -3.49. The van der Waals surface area contributed by atoms with Gasteiger partial charge in [-0.25, -0.2) is 17.2 Å². The first-order valence-electron chi connectivity index (χ1n) is 10.1. The van der Waals surface area contributed by atoms with Crippen LogP contribution >= 0.6 is 11.6 Å². The Kier molecular flexibility index (Phi) is 6.48. The predicted molar refractivity (Wildman–Crippen MR) is 122 cm³/mol. The van der Waals surface area contributed by atoms with Crippen molar-refractivity contribution in [3.8, 4) is 16.9 Å². The average Bonchev–Trinajstić information content (AvgIpc) is 3.23. The summed E-state index contributed by atoms with van der Waals surface area (Å²) in [7, 11) is -4.66. The molecule has 1 saturated heterocycles. The number of likely N-dealkylation sites (tertiary alicyclic amines) is 1. The van der Waals surface area contributed by atoms with Gasteiger partial charge in [-0.15, -0.1) is 0 Å². The molecule has 3 aromatic carbocycles. The van der Waals surface area contributed by atoms with Gasteiger partial charge in [-0.1, -0.05) is 41.9 Å². The third-order valence-electron chi connectivity index (χ3n) is 5.40. The standard InChI is InChI=1S/C23H19ClF2N2O5S/c24-17-8-14(23(31)28-7-6-15(29)12-28)9-21(22(17)30)34(32,33)27-20-10-16(18(25)11-19(20)26)13-4-2-1-3-5-13/h1-5,8-11,15,27,29-30H,6-7,12H2. The number of β-amino-alcohol motifs (C(OH)–C–C–N with tert-alkyl or cyclic N) is 1. The highest BCUT2D eigenvalue weighted by atomic mass is 35.5. The Morgan fingerprint density at radius 2 is 1.79 bits per heavy atom. The highest BCUT2D eigenvalue weighted by molar-refractivity contribution is 7.92. The molecule has 34 heavy (non-hydrogen) atoms. The van der Waals surface area contributed by atoms with E-state index < -0.39 is 55.0 Å². The lowest BCUT2D eigenvalue weighted by molar-refractivity contribution is 0.0764. The Balaban J connectivity index is 1.72. The number of sulfonamides is 1. The lowest BCUT2D eigenvalue weighted by atomic mass is 10.0. The molecule has 0 radical (unpaired) electrons. The van der Waals surface area contributed by atoms with Crippen LogP contribution < -0.4 is 4.72 Å². The number of halogens is 3. The molecule has 11 heteroatoms. The van der Waals surface area contributed by atoms with E-state index in [9.17, 15) is 32.2 Å². The number of nitrogens with one attached hydrogen (secondary N) is 1. The minimum absolute atomic E-state index is 0.0431. The molecular weight excluding hydrogens is 490 g/mol. The van der Waals surface area contributed by atoms with Crippen molar-refractivity contribution in [1.82, 2.24) is 4.90 Å². The predicted octanol–water partition coefficient (Wildman–Crippen LogP) is 4.00. The summed E-state index contributed by atoms with van der Waals surface area (Å²) in [6, 6.07) is 11.7. The molecule has 3 N–H and O–H groups in total. The fourth-order valence-corrected chi connectivity index (χ4v) is 5.15. The first kappa shape index (κ1) is 23.9. The molecule has 0 bridgehead atoms. The van der Waals surface area contributed by atoms with E-state index in [1.54, 1.807) is 30.3 Å². The molecular formula is C23H19ClF2N2O5S. The quantitative estimate of drug-likeness (QED) is 0.483. The molecule has 1 fully saturated rings. The van der Waals surface area contributed by atoms with Gasteiger partial charge in [0.2, 0.25) is 0 Å². The maximum absolute atomic E-state index is 14.5. The van der Waals surface area contributed by atoms with E-state index in [1.807, 2.05) is 4.72 Å². The second-order valence-corrected chi connectivity index (χ2v) is 9.84. The number of phenols is 1. The Labute approximate surface area is 199 Å². The maximum Gasteiger partial charge on any atom is 0.265 e. The van der Waals surface area contributed by atoms with Gasteiger partial charge in [0.05, 0.1) is 16.8 Å². The van der Waals surface area contributed by atoms with Crippen LogP contribution in [0.1, 0.15) is 16.8 Å². The van der Waals surface area contributed by atoms with Crippen molar-refractivity contribution in [3.05, 3.63) is 76.8 Å². The largest absolute Gasteiger partial charge is 0.505 e. The van der Waals surface area contributed by atoms with Crippen molar-refractivity contribution in [3.63, 3.8) is 0 Å². The Morgan fingerprint density at radius 1 is 1.09 bits per heavy atom. The number of amides is 1. The van der Waals surface area contributed by atoms with Crippen molar-refractivity contribution in [2.24, 2.45) is 0 Å². The van der Waals surface area contributed by atoms with Gasteiger partial charge in [-0.2, -0.15) is 0 Å². The van der Waals surface area contributed by atoms with Gasteiger partial charge in [-0.05, 0) is 30.2 Å². The number of anilines is 1. The lowest BCUT2D eigenvalue weighted by Crippen LogP contribution is -2.29. The van der Waals surface area contributed by atoms with Crippen LogP contribution in [0.5, 0.6) is 5.75 Å². The molecule has 4 rings (SSSR count). The van der Waals surface area contributed by atoms with Crippen molar-refractivity contribution in [2.75, 3.05) is 17.8 Å². The van der Waals surface area contributed by atoms with E-state index in [0.29, 0.717) is 18.1 Å². The second kappa shape index (κ2) is 9.21. The molecule has 1 atom stereocenters. The van der Waals surface area contributed by atoms with Crippen LogP contribution in [0.3, 0.4) is 0 Å². The molecule has 3 aromatic rings. The number of carbonyl (C=O) groups is 1. The number of phenolic OH excluding ortho intramolecular Hbond substituents is 1. The smallest absolute Gasteiger partial charge is 0.265 e. The third kappa shape index (κ3) is 4.70. The number of aromatic hydroxyl groups is 1. The highest BCUT2D eigenvalue weighted by Gasteiger charge is 2.29. The zero-order valence-corrected chi connectivity index (χ0v) is 19.1. The zero-order chi connectivity index (χ0) is 24.6. The van der Waals surface area contributed by atoms with Crippen LogP contribution in [0, 0.1) is 11.6 Å². The van der Waals surface area contributed by atoms with E-state index in [1.165, 1.54) is 4.90 Å². The molecule has 0 spiro atoms.